The first-order chi connectivity index (χ1) is 20.7. The highest BCUT2D eigenvalue weighted by atomic mass is 35.5. The van der Waals surface area contributed by atoms with Crippen LogP contribution in [0.15, 0.2) is 114 Å². The molecular formula is C33H33Cl2N3O4S. The summed E-state index contributed by atoms with van der Waals surface area (Å²) in [4.78, 5) is 29.5. The number of carbonyl (C=O) groups is 2. The molecule has 7 nitrogen and oxygen atoms in total. The lowest BCUT2D eigenvalue weighted by molar-refractivity contribution is -0.140. The Kier molecular flexibility index (Phi) is 11.2. The van der Waals surface area contributed by atoms with Crippen molar-refractivity contribution in [3.8, 4) is 0 Å². The highest BCUT2D eigenvalue weighted by molar-refractivity contribution is 7.92. The van der Waals surface area contributed by atoms with Gasteiger partial charge >= 0.3 is 0 Å². The van der Waals surface area contributed by atoms with E-state index < -0.39 is 28.5 Å². The van der Waals surface area contributed by atoms with Crippen LogP contribution in [-0.2, 0) is 32.6 Å². The minimum absolute atomic E-state index is 0.00457. The lowest BCUT2D eigenvalue weighted by atomic mass is 10.0. The van der Waals surface area contributed by atoms with Gasteiger partial charge in [-0.1, -0.05) is 96.9 Å². The molecule has 1 unspecified atom stereocenters. The molecule has 0 saturated heterocycles. The summed E-state index contributed by atoms with van der Waals surface area (Å²) in [6, 6.07) is 29.6. The summed E-state index contributed by atoms with van der Waals surface area (Å²) in [5, 5.41) is 3.77. The van der Waals surface area contributed by atoms with E-state index in [2.05, 4.69) is 5.32 Å². The van der Waals surface area contributed by atoms with Gasteiger partial charge < -0.3 is 10.2 Å². The number of anilines is 1. The van der Waals surface area contributed by atoms with Crippen LogP contribution in [0.2, 0.25) is 10.0 Å². The highest BCUT2D eigenvalue weighted by Gasteiger charge is 2.34. The number of hydrogen-bond donors (Lipinski definition) is 1. The first-order valence-electron chi connectivity index (χ1n) is 13.9. The summed E-state index contributed by atoms with van der Waals surface area (Å²) in [6.07, 6.45) is 0.931. The number of halogens is 2. The van der Waals surface area contributed by atoms with E-state index in [1.807, 2.05) is 37.3 Å². The van der Waals surface area contributed by atoms with Gasteiger partial charge in [0, 0.05) is 29.6 Å². The fourth-order valence-corrected chi connectivity index (χ4v) is 6.34. The summed E-state index contributed by atoms with van der Waals surface area (Å²) in [5.74, 6) is -0.906. The molecule has 43 heavy (non-hydrogen) atoms. The van der Waals surface area contributed by atoms with E-state index in [4.69, 9.17) is 23.2 Å². The van der Waals surface area contributed by atoms with Crippen molar-refractivity contribution in [3.63, 3.8) is 0 Å². The van der Waals surface area contributed by atoms with Crippen LogP contribution in [0, 0.1) is 0 Å². The van der Waals surface area contributed by atoms with Crippen LogP contribution in [0.25, 0.3) is 0 Å². The van der Waals surface area contributed by atoms with Crippen molar-refractivity contribution in [1.29, 1.82) is 0 Å². The van der Waals surface area contributed by atoms with Gasteiger partial charge in [-0.15, -0.1) is 0 Å². The van der Waals surface area contributed by atoms with E-state index in [0.717, 1.165) is 9.87 Å². The van der Waals surface area contributed by atoms with Gasteiger partial charge in [0.1, 0.15) is 12.6 Å². The summed E-state index contributed by atoms with van der Waals surface area (Å²) in [6.45, 7) is 1.81. The second-order valence-corrected chi connectivity index (χ2v) is 12.6. The molecule has 0 fully saturated rings. The molecule has 0 heterocycles. The van der Waals surface area contributed by atoms with E-state index >= 15 is 0 Å². The van der Waals surface area contributed by atoms with E-state index in [0.29, 0.717) is 28.6 Å². The van der Waals surface area contributed by atoms with Gasteiger partial charge in [-0.3, -0.25) is 13.9 Å². The van der Waals surface area contributed by atoms with E-state index in [9.17, 15) is 18.0 Å². The molecule has 4 aromatic carbocycles. The van der Waals surface area contributed by atoms with Crippen LogP contribution in [0.3, 0.4) is 0 Å². The Balaban J connectivity index is 1.79. The van der Waals surface area contributed by atoms with Crippen molar-refractivity contribution in [2.45, 2.75) is 37.2 Å². The minimum Gasteiger partial charge on any atom is -0.354 e. The monoisotopic (exact) mass is 637 g/mol. The lowest BCUT2D eigenvalue weighted by Crippen LogP contribution is -2.53. The number of benzene rings is 4. The van der Waals surface area contributed by atoms with Gasteiger partial charge in [-0.25, -0.2) is 8.42 Å². The Morgan fingerprint density at radius 1 is 0.814 bits per heavy atom. The number of nitrogens with one attached hydrogen (secondary N) is 1. The van der Waals surface area contributed by atoms with Crippen molar-refractivity contribution < 1.29 is 18.0 Å². The number of nitrogens with zero attached hydrogens (tertiary/aromatic N) is 2. The summed E-state index contributed by atoms with van der Waals surface area (Å²) >= 11 is 12.6. The Labute approximate surface area is 263 Å². The Bertz CT molecular complexity index is 1620. The molecule has 1 N–H and O–H groups in total. The minimum atomic E-state index is -4.18. The van der Waals surface area contributed by atoms with Gasteiger partial charge in [-0.05, 0) is 60.0 Å². The maximum Gasteiger partial charge on any atom is 0.264 e. The first kappa shape index (κ1) is 32.1. The fraction of sp³-hybridized carbons (Fsp3) is 0.212. The highest BCUT2D eigenvalue weighted by Crippen LogP contribution is 2.27. The standard InChI is InChI=1S/C33H33Cl2N3O4S/c1-2-21-36-33(40)31(22-25-11-5-3-6-12-25)37(23-26-13-9-10-16-30(26)35)32(39)24-38(28-19-17-27(34)18-20-28)43(41,42)29-14-7-4-8-15-29/h3-20,31H,2,21-24H2,1H3,(H,36,40). The van der Waals surface area contributed by atoms with E-state index in [1.165, 1.54) is 17.0 Å². The predicted molar refractivity (Wildman–Crippen MR) is 172 cm³/mol. The molecule has 224 valence electrons. The van der Waals surface area contributed by atoms with Gasteiger partial charge in [0.15, 0.2) is 0 Å². The number of amides is 2. The molecule has 0 spiro atoms. The smallest absolute Gasteiger partial charge is 0.264 e. The van der Waals surface area contributed by atoms with Gasteiger partial charge in [0.25, 0.3) is 10.0 Å². The second kappa shape index (κ2) is 15.0. The molecule has 1 atom stereocenters. The largest absolute Gasteiger partial charge is 0.354 e. The Morgan fingerprint density at radius 2 is 1.42 bits per heavy atom. The van der Waals surface area contributed by atoms with Crippen LogP contribution in [-0.4, -0.2) is 44.3 Å². The van der Waals surface area contributed by atoms with Gasteiger partial charge in [-0.2, -0.15) is 0 Å². The van der Waals surface area contributed by atoms with E-state index in [1.54, 1.807) is 66.7 Å². The number of hydrogen-bond acceptors (Lipinski definition) is 4. The van der Waals surface area contributed by atoms with Gasteiger partial charge in [0.05, 0.1) is 10.6 Å². The van der Waals surface area contributed by atoms with Crippen LogP contribution in [0.1, 0.15) is 24.5 Å². The van der Waals surface area contributed by atoms with E-state index in [-0.39, 0.29) is 29.5 Å². The maximum atomic E-state index is 14.4. The zero-order chi connectivity index (χ0) is 30.8. The normalized spacial score (nSPS) is 11.9. The first-order valence-corrected chi connectivity index (χ1v) is 16.1. The van der Waals surface area contributed by atoms with Crippen LogP contribution < -0.4 is 9.62 Å². The third-order valence-electron chi connectivity index (χ3n) is 6.84. The molecular weight excluding hydrogens is 605 g/mol. The van der Waals surface area contributed by atoms with Gasteiger partial charge in [0.2, 0.25) is 11.8 Å². The number of carbonyl (C=O) groups excluding carboxylic acids is 2. The topological polar surface area (TPSA) is 86.8 Å². The summed E-state index contributed by atoms with van der Waals surface area (Å²) in [7, 11) is -4.18. The zero-order valence-corrected chi connectivity index (χ0v) is 26.0. The average molecular weight is 639 g/mol. The number of rotatable bonds is 13. The molecule has 0 aliphatic heterocycles. The van der Waals surface area contributed by atoms with Crippen LogP contribution >= 0.6 is 23.2 Å². The molecule has 4 aromatic rings. The molecule has 10 heteroatoms. The third kappa shape index (κ3) is 8.38. The number of sulfonamides is 1. The van der Waals surface area contributed by atoms with Crippen LogP contribution in [0.5, 0.6) is 0 Å². The molecule has 0 radical (unpaired) electrons. The predicted octanol–water partition coefficient (Wildman–Crippen LogP) is 6.36. The van der Waals surface area contributed by atoms with Crippen molar-refractivity contribution >= 4 is 50.7 Å². The SMILES string of the molecule is CCCNC(=O)C(Cc1ccccc1)N(Cc1ccccc1Cl)C(=O)CN(c1ccc(Cl)cc1)S(=O)(=O)c1ccccc1. The average Bonchev–Trinajstić information content (AvgIpc) is 3.02. The molecule has 0 saturated carbocycles. The van der Waals surface area contributed by atoms with Crippen molar-refractivity contribution in [2.75, 3.05) is 17.4 Å². The Hall–Kier alpha value is -3.85. The Morgan fingerprint density at radius 3 is 2.05 bits per heavy atom. The molecule has 0 bridgehead atoms. The van der Waals surface area contributed by atoms with Crippen molar-refractivity contribution in [3.05, 3.63) is 130 Å². The molecule has 4 rings (SSSR count). The maximum absolute atomic E-state index is 14.4. The zero-order valence-electron chi connectivity index (χ0n) is 23.7. The second-order valence-electron chi connectivity index (χ2n) is 9.91. The fourth-order valence-electron chi connectivity index (χ4n) is 4.59. The summed E-state index contributed by atoms with van der Waals surface area (Å²) < 4.78 is 28.9. The summed E-state index contributed by atoms with van der Waals surface area (Å²) in [5.41, 5.74) is 1.74. The quantitative estimate of drug-likeness (QED) is 0.185. The van der Waals surface area contributed by atoms with Crippen molar-refractivity contribution in [2.24, 2.45) is 0 Å². The van der Waals surface area contributed by atoms with Crippen LogP contribution in [0.4, 0.5) is 5.69 Å². The molecule has 0 aliphatic rings. The van der Waals surface area contributed by atoms with Crippen molar-refractivity contribution in [1.82, 2.24) is 10.2 Å². The molecule has 2 amide bonds. The lowest BCUT2D eigenvalue weighted by Gasteiger charge is -2.34. The third-order valence-corrected chi connectivity index (χ3v) is 9.25. The molecule has 0 aliphatic carbocycles. The molecule has 0 aromatic heterocycles.